The number of ether oxygens (including phenoxy) is 3. The molecular formula is C23H28N2O7S. The zero-order chi connectivity index (χ0) is 23.8. The fraction of sp³-hybridized carbons (Fsp3) is 0.435. The van der Waals surface area contributed by atoms with E-state index in [9.17, 15) is 18.3 Å². The first-order chi connectivity index (χ1) is 15.7. The lowest BCUT2D eigenvalue weighted by Gasteiger charge is -2.37. The molecule has 2 aliphatic heterocycles. The highest BCUT2D eigenvalue weighted by molar-refractivity contribution is 7.92. The summed E-state index contributed by atoms with van der Waals surface area (Å²) in [6, 6.07) is 11.3. The topological polar surface area (TPSA) is 114 Å². The first kappa shape index (κ1) is 23.3. The predicted octanol–water partition coefficient (Wildman–Crippen LogP) is 1.97. The second-order valence-corrected chi connectivity index (χ2v) is 10.1. The van der Waals surface area contributed by atoms with Crippen LogP contribution in [0.1, 0.15) is 24.3 Å². The van der Waals surface area contributed by atoms with E-state index in [4.69, 9.17) is 14.2 Å². The van der Waals surface area contributed by atoms with Crippen LogP contribution in [-0.2, 0) is 19.6 Å². The highest BCUT2D eigenvalue weighted by Crippen LogP contribution is 2.47. The molecule has 0 aromatic heterocycles. The molecule has 1 fully saturated rings. The zero-order valence-electron chi connectivity index (χ0n) is 18.7. The molecule has 9 nitrogen and oxygen atoms in total. The van der Waals surface area contributed by atoms with E-state index in [1.54, 1.807) is 44.4 Å². The first-order valence-corrected chi connectivity index (χ1v) is 12.1. The van der Waals surface area contributed by atoms with E-state index >= 15 is 0 Å². The summed E-state index contributed by atoms with van der Waals surface area (Å²) in [5.41, 5.74) is 1.23. The minimum absolute atomic E-state index is 0.0610. The van der Waals surface area contributed by atoms with Crippen molar-refractivity contribution in [2.24, 2.45) is 0 Å². The normalized spacial score (nSPS) is 23.8. The van der Waals surface area contributed by atoms with Gasteiger partial charge < -0.3 is 24.2 Å². The molecular weight excluding hydrogens is 448 g/mol. The van der Waals surface area contributed by atoms with Crippen LogP contribution in [0.4, 0.5) is 5.69 Å². The Kier molecular flexibility index (Phi) is 6.51. The molecule has 10 heteroatoms. The fourth-order valence-corrected chi connectivity index (χ4v) is 5.40. The van der Waals surface area contributed by atoms with Crippen LogP contribution in [0.5, 0.6) is 11.5 Å². The van der Waals surface area contributed by atoms with Gasteiger partial charge in [0.2, 0.25) is 5.91 Å². The van der Waals surface area contributed by atoms with Crippen molar-refractivity contribution in [3.05, 3.63) is 48.0 Å². The highest BCUT2D eigenvalue weighted by Gasteiger charge is 2.46. The monoisotopic (exact) mass is 476 g/mol. The fourth-order valence-electron chi connectivity index (χ4n) is 4.31. The van der Waals surface area contributed by atoms with Crippen LogP contribution in [0.2, 0.25) is 0 Å². The van der Waals surface area contributed by atoms with Crippen LogP contribution in [-0.4, -0.2) is 70.5 Å². The molecule has 2 aromatic rings. The second kappa shape index (κ2) is 9.20. The van der Waals surface area contributed by atoms with E-state index in [1.807, 2.05) is 0 Å². The molecule has 4 rings (SSSR count). The van der Waals surface area contributed by atoms with Crippen molar-refractivity contribution in [2.75, 3.05) is 32.5 Å². The minimum atomic E-state index is -3.83. The number of nitrogens with one attached hydrogen (secondary N) is 1. The van der Waals surface area contributed by atoms with Gasteiger partial charge in [-0.3, -0.25) is 9.52 Å². The van der Waals surface area contributed by atoms with Crippen molar-refractivity contribution in [1.29, 1.82) is 0 Å². The Bertz CT molecular complexity index is 1140. The summed E-state index contributed by atoms with van der Waals surface area (Å²) in [5, 5.41) is 9.85. The molecule has 2 heterocycles. The summed E-state index contributed by atoms with van der Waals surface area (Å²) in [5.74, 6) is 0.871. The van der Waals surface area contributed by atoms with Gasteiger partial charge in [0, 0.05) is 37.3 Å². The highest BCUT2D eigenvalue weighted by atomic mass is 32.2. The average Bonchev–Trinajstić information content (AvgIpc) is 3.16. The Labute approximate surface area is 193 Å². The number of fused-ring (bicyclic) bond motifs is 3. The number of amides is 1. The van der Waals surface area contributed by atoms with Gasteiger partial charge >= 0.3 is 0 Å². The maximum atomic E-state index is 12.9. The van der Waals surface area contributed by atoms with Gasteiger partial charge in [0.1, 0.15) is 23.7 Å². The van der Waals surface area contributed by atoms with Crippen molar-refractivity contribution in [3.8, 4) is 11.5 Å². The molecule has 33 heavy (non-hydrogen) atoms. The van der Waals surface area contributed by atoms with Gasteiger partial charge in [0.15, 0.2) is 0 Å². The molecule has 1 saturated heterocycles. The van der Waals surface area contributed by atoms with Crippen LogP contribution in [0.15, 0.2) is 47.4 Å². The molecule has 0 aliphatic carbocycles. The summed E-state index contributed by atoms with van der Waals surface area (Å²) in [4.78, 5) is 13.8. The summed E-state index contributed by atoms with van der Waals surface area (Å²) >= 11 is 0. The number of anilines is 1. The first-order valence-electron chi connectivity index (χ1n) is 10.7. The maximum absolute atomic E-state index is 12.9. The molecule has 0 saturated carbocycles. The average molecular weight is 477 g/mol. The number of aliphatic hydroxyl groups is 1. The van der Waals surface area contributed by atoms with Gasteiger partial charge in [0.25, 0.3) is 10.0 Å². The molecule has 2 aromatic carbocycles. The minimum Gasteiger partial charge on any atom is -0.497 e. The Morgan fingerprint density at radius 1 is 1.24 bits per heavy atom. The third-order valence-electron chi connectivity index (χ3n) is 6.00. The molecule has 1 amide bonds. The number of benzene rings is 2. The van der Waals surface area contributed by atoms with Gasteiger partial charge in [0.05, 0.1) is 31.1 Å². The van der Waals surface area contributed by atoms with Gasteiger partial charge in [-0.05, 0) is 36.8 Å². The molecule has 0 spiro atoms. The van der Waals surface area contributed by atoms with E-state index < -0.39 is 22.2 Å². The summed E-state index contributed by atoms with van der Waals surface area (Å²) < 4.78 is 45.5. The molecule has 4 atom stereocenters. The quantitative estimate of drug-likeness (QED) is 0.628. The van der Waals surface area contributed by atoms with Crippen molar-refractivity contribution < 1.29 is 32.5 Å². The Morgan fingerprint density at radius 3 is 2.73 bits per heavy atom. The number of rotatable bonds is 7. The SMILES string of the molecule is COc1cccc(S(=O)(=O)Nc2ccc3c(c2)[C@H]2C[C@H](CC(=O)N(C)C)O[C@@H](CO)[C@H]2O3)c1. The van der Waals surface area contributed by atoms with Gasteiger partial charge in [-0.25, -0.2) is 8.42 Å². The lowest BCUT2D eigenvalue weighted by molar-refractivity contribution is -0.147. The number of aliphatic hydroxyl groups excluding tert-OH is 1. The lowest BCUT2D eigenvalue weighted by Crippen LogP contribution is -2.47. The Morgan fingerprint density at radius 2 is 2.03 bits per heavy atom. The number of nitrogens with zero attached hydrogens (tertiary/aromatic N) is 1. The van der Waals surface area contributed by atoms with E-state index in [0.717, 1.165) is 5.56 Å². The van der Waals surface area contributed by atoms with Crippen molar-refractivity contribution >= 4 is 21.6 Å². The summed E-state index contributed by atoms with van der Waals surface area (Å²) in [6.45, 7) is -0.239. The van der Waals surface area contributed by atoms with Crippen molar-refractivity contribution in [1.82, 2.24) is 4.90 Å². The third kappa shape index (κ3) is 4.78. The molecule has 0 radical (unpaired) electrons. The molecule has 2 aliphatic rings. The standard InChI is InChI=1S/C23H28N2O7S/c1-25(2)22(27)12-16-11-19-18-9-14(7-8-20(18)32-23(19)21(13-26)31-16)24-33(28,29)17-6-4-5-15(10-17)30-3/h4-10,16,19,21,23-24,26H,11-13H2,1-3H3/t16-,19-,21+,23+/m1/s1. The van der Waals surface area contributed by atoms with Gasteiger partial charge in [-0.2, -0.15) is 0 Å². The van der Waals surface area contributed by atoms with E-state index in [2.05, 4.69) is 4.72 Å². The van der Waals surface area contributed by atoms with Crippen LogP contribution in [0.25, 0.3) is 0 Å². The lowest BCUT2D eigenvalue weighted by atomic mass is 9.84. The number of carbonyl (C=O) groups excluding carboxylic acids is 1. The van der Waals surface area contributed by atoms with Crippen LogP contribution < -0.4 is 14.2 Å². The maximum Gasteiger partial charge on any atom is 0.262 e. The zero-order valence-corrected chi connectivity index (χ0v) is 19.5. The molecule has 0 bridgehead atoms. The summed E-state index contributed by atoms with van der Waals surface area (Å²) in [7, 11) is 1.02. The smallest absolute Gasteiger partial charge is 0.262 e. The number of carbonyl (C=O) groups is 1. The Balaban J connectivity index is 1.58. The number of sulfonamides is 1. The van der Waals surface area contributed by atoms with Gasteiger partial charge in [-0.1, -0.05) is 6.07 Å². The number of methoxy groups -OCH3 is 1. The van der Waals surface area contributed by atoms with Gasteiger partial charge in [-0.15, -0.1) is 0 Å². The van der Waals surface area contributed by atoms with Crippen molar-refractivity contribution in [3.63, 3.8) is 0 Å². The Hall–Kier alpha value is -2.82. The van der Waals surface area contributed by atoms with Crippen LogP contribution in [0.3, 0.4) is 0 Å². The van der Waals surface area contributed by atoms with E-state index in [-0.39, 0.29) is 35.9 Å². The molecule has 2 N–H and O–H groups in total. The van der Waals surface area contributed by atoms with E-state index in [0.29, 0.717) is 23.6 Å². The molecule has 0 unspecified atom stereocenters. The van der Waals surface area contributed by atoms with Crippen LogP contribution >= 0.6 is 0 Å². The predicted molar refractivity (Wildman–Crippen MR) is 121 cm³/mol. The number of hydrogen-bond donors (Lipinski definition) is 2. The van der Waals surface area contributed by atoms with Crippen LogP contribution in [0, 0.1) is 0 Å². The third-order valence-corrected chi connectivity index (χ3v) is 7.38. The second-order valence-electron chi connectivity index (χ2n) is 8.43. The largest absolute Gasteiger partial charge is 0.497 e. The van der Waals surface area contributed by atoms with Crippen molar-refractivity contribution in [2.45, 2.75) is 42.0 Å². The number of hydrogen-bond acceptors (Lipinski definition) is 7. The van der Waals surface area contributed by atoms with E-state index in [1.165, 1.54) is 24.1 Å². The molecule has 178 valence electrons. The summed E-state index contributed by atoms with van der Waals surface area (Å²) in [6.07, 6.45) is -0.622.